The summed E-state index contributed by atoms with van der Waals surface area (Å²) >= 11 is 0. The lowest BCUT2D eigenvalue weighted by Crippen LogP contribution is -2.59. The van der Waals surface area contributed by atoms with E-state index in [0.717, 1.165) is 0 Å². The second-order valence-corrected chi connectivity index (χ2v) is 5.63. The molecule has 1 fully saturated rings. The largest absolute Gasteiger partial charge is 0.394 e. The van der Waals surface area contributed by atoms with Gasteiger partial charge in [-0.15, -0.1) is 0 Å². The van der Waals surface area contributed by atoms with E-state index in [9.17, 15) is 15.3 Å². The monoisotopic (exact) mass is 234 g/mol. The molecule has 0 bridgehead atoms. The normalized spacial score (nSPS) is 41.1. The van der Waals surface area contributed by atoms with Gasteiger partial charge in [0, 0.05) is 0 Å². The van der Waals surface area contributed by atoms with E-state index in [1.807, 2.05) is 20.8 Å². The summed E-state index contributed by atoms with van der Waals surface area (Å²) in [6.45, 7) is 5.61. The summed E-state index contributed by atoms with van der Waals surface area (Å²) in [5.74, 6) is 0. The minimum atomic E-state index is -1.27. The Kier molecular flexibility index (Phi) is 4.31. The van der Waals surface area contributed by atoms with Gasteiger partial charge in [0.1, 0.15) is 24.4 Å². The van der Waals surface area contributed by atoms with E-state index in [-0.39, 0.29) is 12.0 Å². The van der Waals surface area contributed by atoms with Crippen molar-refractivity contribution in [2.75, 3.05) is 6.61 Å². The van der Waals surface area contributed by atoms with Gasteiger partial charge in [-0.05, 0) is 11.8 Å². The molecule has 0 saturated carbocycles. The number of aliphatic hydroxyl groups excluding tert-OH is 4. The van der Waals surface area contributed by atoms with E-state index in [1.165, 1.54) is 0 Å². The first-order chi connectivity index (χ1) is 7.26. The summed E-state index contributed by atoms with van der Waals surface area (Å²) in [6, 6.07) is 0. The van der Waals surface area contributed by atoms with Crippen molar-refractivity contribution in [3.05, 3.63) is 0 Å². The van der Waals surface area contributed by atoms with E-state index < -0.39 is 30.5 Å². The van der Waals surface area contributed by atoms with Gasteiger partial charge in [0.25, 0.3) is 0 Å². The molecule has 0 aromatic heterocycles. The van der Waals surface area contributed by atoms with Gasteiger partial charge >= 0.3 is 0 Å². The average Bonchev–Trinajstić information content (AvgIpc) is 2.17. The van der Waals surface area contributed by atoms with Gasteiger partial charge in [0.15, 0.2) is 0 Å². The second kappa shape index (κ2) is 4.98. The first-order valence-corrected chi connectivity index (χ1v) is 5.57. The third kappa shape index (κ3) is 3.15. The predicted molar refractivity (Wildman–Crippen MR) is 57.8 cm³/mol. The molecule has 5 nitrogen and oxygen atoms in total. The zero-order chi connectivity index (χ0) is 12.5. The number of rotatable bonds is 2. The Morgan fingerprint density at radius 1 is 0.938 bits per heavy atom. The van der Waals surface area contributed by atoms with Gasteiger partial charge in [-0.1, -0.05) is 20.8 Å². The van der Waals surface area contributed by atoms with Crippen LogP contribution in [0.1, 0.15) is 27.2 Å². The third-order valence-electron chi connectivity index (χ3n) is 2.80. The van der Waals surface area contributed by atoms with Crippen molar-refractivity contribution in [3.8, 4) is 0 Å². The van der Waals surface area contributed by atoms with Gasteiger partial charge < -0.3 is 25.2 Å². The molecule has 4 N–H and O–H groups in total. The molecule has 0 amide bonds. The molecule has 0 spiro atoms. The van der Waals surface area contributed by atoms with E-state index >= 15 is 0 Å². The van der Waals surface area contributed by atoms with Gasteiger partial charge in [-0.2, -0.15) is 0 Å². The molecule has 1 heterocycles. The fourth-order valence-electron chi connectivity index (χ4n) is 1.95. The Bertz CT molecular complexity index is 223. The third-order valence-corrected chi connectivity index (χ3v) is 2.80. The van der Waals surface area contributed by atoms with Crippen molar-refractivity contribution >= 4 is 0 Å². The summed E-state index contributed by atoms with van der Waals surface area (Å²) in [5.41, 5.74) is -0.0618. The van der Waals surface area contributed by atoms with Gasteiger partial charge in [0.05, 0.1) is 12.7 Å². The number of hydrogen-bond donors (Lipinski definition) is 4. The van der Waals surface area contributed by atoms with Gasteiger partial charge in [-0.25, -0.2) is 0 Å². The van der Waals surface area contributed by atoms with Gasteiger partial charge in [-0.3, -0.25) is 0 Å². The Morgan fingerprint density at radius 2 is 1.44 bits per heavy atom. The highest BCUT2D eigenvalue weighted by Gasteiger charge is 2.44. The Morgan fingerprint density at radius 3 is 1.88 bits per heavy atom. The fourth-order valence-corrected chi connectivity index (χ4v) is 1.95. The molecule has 0 aromatic carbocycles. The van der Waals surface area contributed by atoms with Crippen molar-refractivity contribution in [1.82, 2.24) is 0 Å². The maximum atomic E-state index is 9.77. The van der Waals surface area contributed by atoms with E-state index in [4.69, 9.17) is 9.84 Å². The van der Waals surface area contributed by atoms with Crippen LogP contribution in [-0.2, 0) is 4.74 Å². The number of aliphatic hydroxyl groups is 4. The lowest BCUT2D eigenvalue weighted by atomic mass is 9.83. The highest BCUT2D eigenvalue weighted by molar-refractivity contribution is 4.93. The molecule has 16 heavy (non-hydrogen) atoms. The lowest BCUT2D eigenvalue weighted by molar-refractivity contribution is -0.234. The zero-order valence-corrected chi connectivity index (χ0v) is 10.00. The van der Waals surface area contributed by atoms with Crippen LogP contribution in [-0.4, -0.2) is 57.6 Å². The molecule has 5 unspecified atom stereocenters. The summed E-state index contributed by atoms with van der Waals surface area (Å²) in [4.78, 5) is 0. The van der Waals surface area contributed by atoms with Gasteiger partial charge in [0.2, 0.25) is 0 Å². The predicted octanol–water partition coefficient (Wildman–Crippen LogP) is -0.735. The Balaban J connectivity index is 2.71. The molecule has 1 aliphatic heterocycles. The van der Waals surface area contributed by atoms with Crippen LogP contribution in [0.2, 0.25) is 0 Å². The van der Waals surface area contributed by atoms with Crippen LogP contribution in [0.3, 0.4) is 0 Å². The number of ether oxygens (including phenoxy) is 1. The van der Waals surface area contributed by atoms with Crippen LogP contribution in [0.25, 0.3) is 0 Å². The first-order valence-electron chi connectivity index (χ1n) is 5.57. The van der Waals surface area contributed by atoms with E-state index in [0.29, 0.717) is 6.42 Å². The van der Waals surface area contributed by atoms with Crippen LogP contribution in [0, 0.1) is 5.41 Å². The molecule has 5 heteroatoms. The minimum Gasteiger partial charge on any atom is -0.394 e. The fraction of sp³-hybridized carbons (Fsp3) is 1.00. The van der Waals surface area contributed by atoms with Crippen LogP contribution >= 0.6 is 0 Å². The minimum absolute atomic E-state index is 0.0618. The van der Waals surface area contributed by atoms with Crippen molar-refractivity contribution < 1.29 is 25.2 Å². The van der Waals surface area contributed by atoms with Crippen molar-refractivity contribution in [2.45, 2.75) is 57.7 Å². The SMILES string of the molecule is CC(C)(C)CC1OC(CO)C(O)C(O)C1O. The topological polar surface area (TPSA) is 90.2 Å². The summed E-state index contributed by atoms with van der Waals surface area (Å²) in [6.07, 6.45) is -4.46. The molecule has 0 aliphatic carbocycles. The molecular weight excluding hydrogens is 212 g/mol. The zero-order valence-electron chi connectivity index (χ0n) is 10.00. The Hall–Kier alpha value is -0.200. The highest BCUT2D eigenvalue weighted by atomic mass is 16.5. The van der Waals surface area contributed by atoms with E-state index in [1.54, 1.807) is 0 Å². The lowest BCUT2D eigenvalue weighted by Gasteiger charge is -2.42. The summed E-state index contributed by atoms with van der Waals surface area (Å²) in [5, 5.41) is 37.9. The summed E-state index contributed by atoms with van der Waals surface area (Å²) < 4.78 is 5.40. The molecular formula is C11H22O5. The van der Waals surface area contributed by atoms with Crippen molar-refractivity contribution in [1.29, 1.82) is 0 Å². The quantitative estimate of drug-likeness (QED) is 0.505. The molecule has 5 atom stereocenters. The average molecular weight is 234 g/mol. The Labute approximate surface area is 95.7 Å². The number of hydrogen-bond acceptors (Lipinski definition) is 5. The van der Waals surface area contributed by atoms with Crippen LogP contribution in [0.15, 0.2) is 0 Å². The highest BCUT2D eigenvalue weighted by Crippen LogP contribution is 2.30. The standard InChI is InChI=1S/C11H22O5/c1-11(2,3)4-6-8(13)10(15)9(14)7(5-12)16-6/h6-10,12-15H,4-5H2,1-3H3. The molecule has 96 valence electrons. The molecule has 0 aromatic rings. The van der Waals surface area contributed by atoms with Crippen LogP contribution in [0.5, 0.6) is 0 Å². The second-order valence-electron chi connectivity index (χ2n) is 5.63. The van der Waals surface area contributed by atoms with Crippen molar-refractivity contribution in [2.24, 2.45) is 5.41 Å². The maximum absolute atomic E-state index is 9.77. The van der Waals surface area contributed by atoms with Crippen molar-refractivity contribution in [3.63, 3.8) is 0 Å². The smallest absolute Gasteiger partial charge is 0.111 e. The summed E-state index contributed by atoms with van der Waals surface area (Å²) in [7, 11) is 0. The molecule has 1 aliphatic rings. The first kappa shape index (κ1) is 13.9. The molecule has 1 saturated heterocycles. The van der Waals surface area contributed by atoms with Crippen LogP contribution in [0.4, 0.5) is 0 Å². The van der Waals surface area contributed by atoms with Crippen LogP contribution < -0.4 is 0 Å². The van der Waals surface area contributed by atoms with E-state index in [2.05, 4.69) is 0 Å². The molecule has 0 radical (unpaired) electrons. The molecule has 1 rings (SSSR count). The maximum Gasteiger partial charge on any atom is 0.111 e.